The molecule has 0 spiro atoms. The number of rotatable bonds is 5. The summed E-state index contributed by atoms with van der Waals surface area (Å²) < 4.78 is 0. The minimum Gasteiger partial charge on any atom is -0.352 e. The molecule has 0 bridgehead atoms. The van der Waals surface area contributed by atoms with Gasteiger partial charge in [-0.2, -0.15) is 0 Å². The number of carbonyl (C=O) groups is 1. The molecule has 1 amide bonds. The van der Waals surface area contributed by atoms with Gasteiger partial charge in [0.15, 0.2) is 0 Å². The van der Waals surface area contributed by atoms with Gasteiger partial charge in [0.25, 0.3) is 0 Å². The van der Waals surface area contributed by atoms with Crippen molar-refractivity contribution in [2.75, 3.05) is 0 Å². The first kappa shape index (κ1) is 14.7. The van der Waals surface area contributed by atoms with E-state index in [0.29, 0.717) is 18.4 Å². The maximum absolute atomic E-state index is 11.8. The summed E-state index contributed by atoms with van der Waals surface area (Å²) in [6.45, 7) is 10.9. The van der Waals surface area contributed by atoms with Crippen LogP contribution >= 0.6 is 0 Å². The lowest BCUT2D eigenvalue weighted by Crippen LogP contribution is -2.31. The number of pyridine rings is 1. The lowest BCUT2D eigenvalue weighted by Gasteiger charge is -2.15. The van der Waals surface area contributed by atoms with Crippen LogP contribution in [0, 0.1) is 11.8 Å². The van der Waals surface area contributed by atoms with Crippen molar-refractivity contribution >= 4 is 5.91 Å². The first-order valence-corrected chi connectivity index (χ1v) is 6.63. The molecule has 0 radical (unpaired) electrons. The van der Waals surface area contributed by atoms with E-state index in [9.17, 15) is 4.79 Å². The van der Waals surface area contributed by atoms with Crippen LogP contribution < -0.4 is 5.32 Å². The number of carbonyl (C=O) groups excluding carboxylic acids is 1. The van der Waals surface area contributed by atoms with Crippen molar-refractivity contribution in [2.45, 2.75) is 47.1 Å². The van der Waals surface area contributed by atoms with Gasteiger partial charge in [0.1, 0.15) is 0 Å². The van der Waals surface area contributed by atoms with Crippen molar-refractivity contribution in [1.82, 2.24) is 10.3 Å². The summed E-state index contributed by atoms with van der Waals surface area (Å²) in [6, 6.07) is 2.11. The third-order valence-electron chi connectivity index (χ3n) is 3.36. The highest BCUT2D eigenvalue weighted by molar-refractivity contribution is 5.78. The molecule has 3 heteroatoms. The van der Waals surface area contributed by atoms with Crippen LogP contribution in [0.3, 0.4) is 0 Å². The Bertz CT molecular complexity index is 399. The maximum Gasteiger partial charge on any atom is 0.223 e. The van der Waals surface area contributed by atoms with E-state index in [-0.39, 0.29) is 11.8 Å². The highest BCUT2D eigenvalue weighted by Gasteiger charge is 2.15. The zero-order valence-corrected chi connectivity index (χ0v) is 12.0. The summed E-state index contributed by atoms with van der Waals surface area (Å²) in [5.41, 5.74) is 2.27. The second kappa shape index (κ2) is 6.53. The normalized spacial score (nSPS) is 12.8. The van der Waals surface area contributed by atoms with Crippen LogP contribution in [0.25, 0.3) is 0 Å². The van der Waals surface area contributed by atoms with E-state index in [1.54, 1.807) is 0 Å². The molecule has 0 aliphatic heterocycles. The van der Waals surface area contributed by atoms with Crippen molar-refractivity contribution in [3.05, 3.63) is 29.6 Å². The van der Waals surface area contributed by atoms with Gasteiger partial charge in [-0.3, -0.25) is 9.78 Å². The molecule has 1 aromatic rings. The smallest absolute Gasteiger partial charge is 0.223 e. The molecule has 0 unspecified atom stereocenters. The molecule has 0 saturated carbocycles. The van der Waals surface area contributed by atoms with Gasteiger partial charge in [-0.1, -0.05) is 40.7 Å². The molecular weight excluding hydrogens is 224 g/mol. The Morgan fingerprint density at radius 1 is 1.22 bits per heavy atom. The average molecular weight is 248 g/mol. The number of nitrogens with zero attached hydrogens (tertiary/aromatic N) is 1. The monoisotopic (exact) mass is 248 g/mol. The third kappa shape index (κ3) is 4.13. The van der Waals surface area contributed by atoms with E-state index in [4.69, 9.17) is 0 Å². The Kier molecular flexibility index (Phi) is 5.32. The van der Waals surface area contributed by atoms with Crippen LogP contribution in [0.5, 0.6) is 0 Å². The maximum atomic E-state index is 11.8. The molecule has 18 heavy (non-hydrogen) atoms. The SMILES string of the molecule is CC(C)c1cncc(CNC(=O)[C@@H](C)C(C)C)c1. The lowest BCUT2D eigenvalue weighted by atomic mass is 9.97. The van der Waals surface area contributed by atoms with Gasteiger partial charge in [0.05, 0.1) is 0 Å². The molecule has 0 fully saturated rings. The Labute approximate surface area is 110 Å². The van der Waals surface area contributed by atoms with Gasteiger partial charge in [0, 0.05) is 24.9 Å². The highest BCUT2D eigenvalue weighted by Crippen LogP contribution is 2.14. The van der Waals surface area contributed by atoms with Crippen LogP contribution in [-0.4, -0.2) is 10.9 Å². The van der Waals surface area contributed by atoms with Crippen LogP contribution in [0.2, 0.25) is 0 Å². The van der Waals surface area contributed by atoms with Crippen molar-refractivity contribution in [1.29, 1.82) is 0 Å². The van der Waals surface area contributed by atoms with E-state index in [1.165, 1.54) is 5.56 Å². The summed E-state index contributed by atoms with van der Waals surface area (Å²) in [7, 11) is 0. The van der Waals surface area contributed by atoms with Gasteiger partial charge in [-0.15, -0.1) is 0 Å². The second-order valence-corrected chi connectivity index (χ2v) is 5.53. The van der Waals surface area contributed by atoms with Gasteiger partial charge < -0.3 is 5.32 Å². The number of aromatic nitrogens is 1. The van der Waals surface area contributed by atoms with Gasteiger partial charge >= 0.3 is 0 Å². The number of amides is 1. The third-order valence-corrected chi connectivity index (χ3v) is 3.36. The van der Waals surface area contributed by atoms with E-state index in [1.807, 2.05) is 19.3 Å². The summed E-state index contributed by atoms with van der Waals surface area (Å²) in [5, 5.41) is 2.97. The fourth-order valence-electron chi connectivity index (χ4n) is 1.57. The van der Waals surface area contributed by atoms with Gasteiger partial charge in [-0.25, -0.2) is 0 Å². The molecule has 1 rings (SSSR count). The lowest BCUT2D eigenvalue weighted by molar-refractivity contribution is -0.125. The molecule has 0 aromatic carbocycles. The van der Waals surface area contributed by atoms with E-state index in [2.05, 4.69) is 44.1 Å². The Hall–Kier alpha value is -1.38. The fourth-order valence-corrected chi connectivity index (χ4v) is 1.57. The van der Waals surface area contributed by atoms with Crippen LogP contribution in [0.1, 0.15) is 51.7 Å². The van der Waals surface area contributed by atoms with Crippen molar-refractivity contribution in [3.8, 4) is 0 Å². The number of hydrogen-bond donors (Lipinski definition) is 1. The van der Waals surface area contributed by atoms with Crippen molar-refractivity contribution in [3.63, 3.8) is 0 Å². The molecule has 100 valence electrons. The Morgan fingerprint density at radius 2 is 1.89 bits per heavy atom. The fraction of sp³-hybridized carbons (Fsp3) is 0.600. The topological polar surface area (TPSA) is 42.0 Å². The second-order valence-electron chi connectivity index (χ2n) is 5.53. The molecular formula is C15H24N2O. The molecule has 0 aliphatic rings. The van der Waals surface area contributed by atoms with E-state index in [0.717, 1.165) is 5.56 Å². The molecule has 3 nitrogen and oxygen atoms in total. The summed E-state index contributed by atoms with van der Waals surface area (Å²) >= 11 is 0. The summed E-state index contributed by atoms with van der Waals surface area (Å²) in [5.74, 6) is 0.985. The molecule has 1 heterocycles. The van der Waals surface area contributed by atoms with E-state index < -0.39 is 0 Å². The molecule has 0 saturated heterocycles. The Morgan fingerprint density at radius 3 is 2.44 bits per heavy atom. The van der Waals surface area contributed by atoms with Crippen LogP contribution in [-0.2, 0) is 11.3 Å². The molecule has 0 aliphatic carbocycles. The minimum atomic E-state index is 0.0474. The molecule has 1 N–H and O–H groups in total. The number of nitrogens with one attached hydrogen (secondary N) is 1. The van der Waals surface area contributed by atoms with Crippen molar-refractivity contribution < 1.29 is 4.79 Å². The standard InChI is InChI=1S/C15H24N2O/c1-10(2)12(5)15(18)17-8-13-6-14(11(3)4)9-16-7-13/h6-7,9-12H,8H2,1-5H3,(H,17,18)/t12-/m0/s1. The predicted octanol–water partition coefficient (Wildman–Crippen LogP) is 3.11. The average Bonchev–Trinajstić information content (AvgIpc) is 2.35. The quantitative estimate of drug-likeness (QED) is 0.870. The molecule has 1 aromatic heterocycles. The predicted molar refractivity (Wildman–Crippen MR) is 74.2 cm³/mol. The zero-order chi connectivity index (χ0) is 13.7. The first-order valence-electron chi connectivity index (χ1n) is 6.63. The highest BCUT2D eigenvalue weighted by atomic mass is 16.1. The minimum absolute atomic E-state index is 0.0474. The first-order chi connectivity index (χ1) is 8.41. The number of hydrogen-bond acceptors (Lipinski definition) is 2. The Balaban J connectivity index is 2.58. The van der Waals surface area contributed by atoms with Gasteiger partial charge in [0.2, 0.25) is 5.91 Å². The van der Waals surface area contributed by atoms with Crippen LogP contribution in [0.15, 0.2) is 18.5 Å². The summed E-state index contributed by atoms with van der Waals surface area (Å²) in [4.78, 5) is 16.1. The van der Waals surface area contributed by atoms with Crippen molar-refractivity contribution in [2.24, 2.45) is 11.8 Å². The molecule has 1 atom stereocenters. The largest absolute Gasteiger partial charge is 0.352 e. The summed E-state index contributed by atoms with van der Waals surface area (Å²) in [6.07, 6.45) is 3.69. The van der Waals surface area contributed by atoms with Crippen LogP contribution in [0.4, 0.5) is 0 Å². The van der Waals surface area contributed by atoms with E-state index >= 15 is 0 Å². The van der Waals surface area contributed by atoms with Gasteiger partial charge in [-0.05, 0) is 23.0 Å². The zero-order valence-electron chi connectivity index (χ0n) is 12.0.